The lowest BCUT2D eigenvalue weighted by molar-refractivity contribution is -0.00182. The fourth-order valence-corrected chi connectivity index (χ4v) is 3.78. The molecule has 0 saturated heterocycles. The molecule has 118 valence electrons. The number of benzene rings is 1. The van der Waals surface area contributed by atoms with Crippen LogP contribution in [0.5, 0.6) is 0 Å². The van der Waals surface area contributed by atoms with Gasteiger partial charge in [0.05, 0.1) is 11.3 Å². The highest BCUT2D eigenvalue weighted by Gasteiger charge is 2.33. The van der Waals surface area contributed by atoms with Crippen molar-refractivity contribution in [1.29, 1.82) is 0 Å². The van der Waals surface area contributed by atoms with Crippen LogP contribution in [0.25, 0.3) is 0 Å². The molecule has 2 rings (SSSR count). The quantitative estimate of drug-likeness (QED) is 0.736. The third-order valence-corrected chi connectivity index (χ3v) is 5.52. The molecule has 0 radical (unpaired) electrons. The Kier molecular flexibility index (Phi) is 4.55. The number of sulfonamides is 1. The van der Waals surface area contributed by atoms with E-state index in [-0.39, 0.29) is 17.1 Å². The summed E-state index contributed by atoms with van der Waals surface area (Å²) in [5.41, 5.74) is 4.53. The van der Waals surface area contributed by atoms with Crippen LogP contribution in [0.15, 0.2) is 23.1 Å². The first-order valence-corrected chi connectivity index (χ1v) is 8.47. The van der Waals surface area contributed by atoms with Crippen molar-refractivity contribution in [3.63, 3.8) is 0 Å². The maximum absolute atomic E-state index is 13.2. The van der Waals surface area contributed by atoms with Crippen molar-refractivity contribution >= 4 is 15.7 Å². The van der Waals surface area contributed by atoms with Crippen molar-refractivity contribution in [2.24, 2.45) is 5.92 Å². The van der Waals surface area contributed by atoms with Crippen LogP contribution < -0.4 is 10.5 Å². The van der Waals surface area contributed by atoms with E-state index in [1.807, 2.05) is 0 Å². The van der Waals surface area contributed by atoms with Crippen LogP contribution in [0.3, 0.4) is 0 Å². The van der Waals surface area contributed by atoms with Crippen molar-refractivity contribution < 1.29 is 17.9 Å². The molecule has 1 aromatic carbocycles. The van der Waals surface area contributed by atoms with Gasteiger partial charge in [-0.15, -0.1) is 0 Å². The minimum atomic E-state index is -3.94. The van der Waals surface area contributed by atoms with Crippen molar-refractivity contribution in [2.75, 3.05) is 12.3 Å². The molecule has 1 aromatic rings. The van der Waals surface area contributed by atoms with Gasteiger partial charge in [0.2, 0.25) is 10.0 Å². The Balaban J connectivity index is 2.09. The molecule has 0 heterocycles. The molecule has 1 saturated carbocycles. The molecule has 1 aliphatic rings. The molecule has 0 spiro atoms. The number of nitrogens with two attached hydrogens (primary N) is 1. The van der Waals surface area contributed by atoms with Gasteiger partial charge >= 0.3 is 0 Å². The summed E-state index contributed by atoms with van der Waals surface area (Å²) in [6, 6.07) is 3.19. The van der Waals surface area contributed by atoms with Gasteiger partial charge in [-0.05, 0) is 49.8 Å². The van der Waals surface area contributed by atoms with Crippen LogP contribution in [0.2, 0.25) is 0 Å². The van der Waals surface area contributed by atoms with E-state index in [1.54, 1.807) is 0 Å². The highest BCUT2D eigenvalue weighted by atomic mass is 32.2. The highest BCUT2D eigenvalue weighted by molar-refractivity contribution is 7.89. The van der Waals surface area contributed by atoms with Crippen molar-refractivity contribution in [3.8, 4) is 0 Å². The Hall–Kier alpha value is -1.18. The van der Waals surface area contributed by atoms with Gasteiger partial charge in [0.15, 0.2) is 0 Å². The largest absolute Gasteiger partial charge is 0.398 e. The zero-order valence-corrected chi connectivity index (χ0v) is 12.8. The maximum Gasteiger partial charge on any atom is 0.242 e. The van der Waals surface area contributed by atoms with Crippen molar-refractivity contribution in [2.45, 2.75) is 43.1 Å². The Bertz CT molecular complexity index is 611. The molecular formula is C14H21FN2O3S. The van der Waals surface area contributed by atoms with Crippen LogP contribution in [-0.4, -0.2) is 25.7 Å². The second-order valence-corrected chi connectivity index (χ2v) is 7.65. The first kappa shape index (κ1) is 16.2. The third-order valence-electron chi connectivity index (χ3n) is 4.06. The third kappa shape index (κ3) is 3.93. The number of rotatable bonds is 4. The summed E-state index contributed by atoms with van der Waals surface area (Å²) in [6.07, 6.45) is 2.82. The number of nitrogen functional groups attached to an aromatic ring is 1. The fourth-order valence-electron chi connectivity index (χ4n) is 2.52. The normalized spacial score (nSPS) is 26.7. The molecule has 21 heavy (non-hydrogen) atoms. The number of nitrogens with one attached hydrogen (secondary N) is 1. The summed E-state index contributed by atoms with van der Waals surface area (Å²) in [5, 5.41) is 10.4. The summed E-state index contributed by atoms with van der Waals surface area (Å²) in [5.74, 6) is -0.129. The molecule has 7 heteroatoms. The SMILES string of the molecule is CC1CCC(O)(CNS(=O)(=O)c2cc(F)ccc2N)CC1. The molecule has 0 unspecified atom stereocenters. The fraction of sp³-hybridized carbons (Fsp3) is 0.571. The number of halogens is 1. The van der Waals surface area contributed by atoms with E-state index in [4.69, 9.17) is 5.73 Å². The summed E-state index contributed by atoms with van der Waals surface area (Å²) in [7, 11) is -3.94. The van der Waals surface area contributed by atoms with Gasteiger partial charge in [-0.2, -0.15) is 0 Å². The minimum absolute atomic E-state index is 0.0202. The zero-order chi connectivity index (χ0) is 15.7. The number of hydrogen-bond donors (Lipinski definition) is 3. The Labute approximate surface area is 124 Å². The van der Waals surface area contributed by atoms with Crippen LogP contribution >= 0.6 is 0 Å². The summed E-state index contributed by atoms with van der Waals surface area (Å²) < 4.78 is 39.9. The Morgan fingerprint density at radius 1 is 1.43 bits per heavy atom. The molecule has 4 N–H and O–H groups in total. The standard InChI is InChI=1S/C14H21FN2O3S/c1-10-4-6-14(18,7-5-10)9-17-21(19,20)13-8-11(15)2-3-12(13)16/h2-3,8,10,17-18H,4-7,9,16H2,1H3. The van der Waals surface area contributed by atoms with E-state index >= 15 is 0 Å². The molecule has 1 fully saturated rings. The van der Waals surface area contributed by atoms with Crippen molar-refractivity contribution in [3.05, 3.63) is 24.0 Å². The first-order chi connectivity index (χ1) is 9.72. The van der Waals surface area contributed by atoms with Crippen LogP contribution in [0, 0.1) is 11.7 Å². The summed E-state index contributed by atoms with van der Waals surface area (Å²) in [6.45, 7) is 2.02. The van der Waals surface area contributed by atoms with E-state index < -0.39 is 21.4 Å². The lowest BCUT2D eigenvalue weighted by Crippen LogP contribution is -2.45. The van der Waals surface area contributed by atoms with Gasteiger partial charge in [0, 0.05) is 6.54 Å². The molecular weight excluding hydrogens is 295 g/mol. The smallest absolute Gasteiger partial charge is 0.242 e. The molecule has 5 nitrogen and oxygen atoms in total. The van der Waals surface area contributed by atoms with E-state index in [0.717, 1.165) is 25.0 Å². The van der Waals surface area contributed by atoms with Gasteiger partial charge in [-0.25, -0.2) is 17.5 Å². The molecule has 0 aliphatic heterocycles. The van der Waals surface area contributed by atoms with Gasteiger partial charge in [-0.3, -0.25) is 0 Å². The van der Waals surface area contributed by atoms with Crippen LogP contribution in [0.1, 0.15) is 32.6 Å². The lowest BCUT2D eigenvalue weighted by Gasteiger charge is -2.34. The van der Waals surface area contributed by atoms with Crippen LogP contribution in [-0.2, 0) is 10.0 Å². The zero-order valence-electron chi connectivity index (χ0n) is 12.0. The average Bonchev–Trinajstić information content (AvgIpc) is 2.43. The van der Waals surface area contributed by atoms with E-state index in [2.05, 4.69) is 11.6 Å². The average molecular weight is 316 g/mol. The summed E-state index contributed by atoms with van der Waals surface area (Å²) in [4.78, 5) is -0.296. The van der Waals surface area contributed by atoms with Gasteiger partial charge in [-0.1, -0.05) is 6.92 Å². The Morgan fingerprint density at radius 3 is 2.67 bits per heavy atom. The molecule has 0 atom stereocenters. The van der Waals surface area contributed by atoms with E-state index in [0.29, 0.717) is 18.8 Å². The van der Waals surface area contributed by atoms with E-state index in [1.165, 1.54) is 6.07 Å². The van der Waals surface area contributed by atoms with Gasteiger partial charge in [0.25, 0.3) is 0 Å². The predicted octanol–water partition coefficient (Wildman–Crippen LogP) is 1.63. The molecule has 0 amide bonds. The predicted molar refractivity (Wildman–Crippen MR) is 78.6 cm³/mol. The number of aliphatic hydroxyl groups is 1. The van der Waals surface area contributed by atoms with Crippen LogP contribution in [0.4, 0.5) is 10.1 Å². The second-order valence-electron chi connectivity index (χ2n) is 5.91. The lowest BCUT2D eigenvalue weighted by atomic mass is 9.80. The van der Waals surface area contributed by atoms with E-state index in [9.17, 15) is 17.9 Å². The first-order valence-electron chi connectivity index (χ1n) is 6.99. The number of hydrogen-bond acceptors (Lipinski definition) is 4. The monoisotopic (exact) mass is 316 g/mol. The molecule has 0 bridgehead atoms. The summed E-state index contributed by atoms with van der Waals surface area (Å²) >= 11 is 0. The second kappa shape index (κ2) is 5.90. The number of anilines is 1. The minimum Gasteiger partial charge on any atom is -0.398 e. The van der Waals surface area contributed by atoms with Gasteiger partial charge in [0.1, 0.15) is 10.7 Å². The van der Waals surface area contributed by atoms with Crippen molar-refractivity contribution in [1.82, 2.24) is 4.72 Å². The highest BCUT2D eigenvalue weighted by Crippen LogP contribution is 2.31. The molecule has 1 aliphatic carbocycles. The maximum atomic E-state index is 13.2. The molecule has 0 aromatic heterocycles. The topological polar surface area (TPSA) is 92.4 Å². The Morgan fingerprint density at radius 2 is 2.05 bits per heavy atom. The van der Waals surface area contributed by atoms with Gasteiger partial charge < -0.3 is 10.8 Å².